The average molecular weight is 224 g/mol. The van der Waals surface area contributed by atoms with E-state index < -0.39 is 6.10 Å². The summed E-state index contributed by atoms with van der Waals surface area (Å²) in [7, 11) is 0. The maximum atomic E-state index is 9.78. The zero-order valence-corrected chi connectivity index (χ0v) is 9.84. The van der Waals surface area contributed by atoms with Crippen LogP contribution in [0, 0.1) is 5.92 Å². The number of aliphatic hydroxyl groups is 2. The molecule has 90 valence electrons. The van der Waals surface area contributed by atoms with Gasteiger partial charge in [-0.15, -0.1) is 0 Å². The van der Waals surface area contributed by atoms with Crippen LogP contribution in [0.2, 0.25) is 0 Å². The Hall–Kier alpha value is -0.900. The second-order valence-corrected chi connectivity index (χ2v) is 4.15. The van der Waals surface area contributed by atoms with Gasteiger partial charge >= 0.3 is 0 Å². The number of rotatable bonds is 6. The van der Waals surface area contributed by atoms with Crippen LogP contribution < -0.4 is 0 Å². The van der Waals surface area contributed by atoms with E-state index in [2.05, 4.69) is 0 Å². The van der Waals surface area contributed by atoms with Gasteiger partial charge in [-0.25, -0.2) is 0 Å². The Morgan fingerprint density at radius 2 is 1.81 bits per heavy atom. The topological polar surface area (TPSA) is 49.7 Å². The number of hydrogen-bond acceptors (Lipinski definition) is 3. The highest BCUT2D eigenvalue weighted by atomic mass is 16.5. The van der Waals surface area contributed by atoms with Crippen molar-refractivity contribution in [2.75, 3.05) is 6.61 Å². The molecule has 16 heavy (non-hydrogen) atoms. The van der Waals surface area contributed by atoms with Gasteiger partial charge in [-0.05, 0) is 12.5 Å². The van der Waals surface area contributed by atoms with Gasteiger partial charge in [0, 0.05) is 12.5 Å². The molecule has 0 heterocycles. The van der Waals surface area contributed by atoms with E-state index in [1.807, 2.05) is 37.3 Å². The third-order valence-electron chi connectivity index (χ3n) is 2.71. The van der Waals surface area contributed by atoms with Gasteiger partial charge in [-0.2, -0.15) is 0 Å². The third-order valence-corrected chi connectivity index (χ3v) is 2.71. The van der Waals surface area contributed by atoms with Crippen molar-refractivity contribution < 1.29 is 14.9 Å². The van der Waals surface area contributed by atoms with Gasteiger partial charge < -0.3 is 14.9 Å². The van der Waals surface area contributed by atoms with E-state index in [-0.39, 0.29) is 18.6 Å². The molecule has 0 saturated heterocycles. The molecule has 0 aliphatic rings. The fraction of sp³-hybridized carbons (Fsp3) is 0.538. The van der Waals surface area contributed by atoms with Crippen LogP contribution in [0.15, 0.2) is 30.3 Å². The lowest BCUT2D eigenvalue weighted by atomic mass is 10.0. The molecule has 0 fully saturated rings. The Balaban J connectivity index is 2.38. The highest BCUT2D eigenvalue weighted by molar-refractivity contribution is 5.13. The summed E-state index contributed by atoms with van der Waals surface area (Å²) in [6.45, 7) is 4.07. The summed E-state index contributed by atoms with van der Waals surface area (Å²) in [4.78, 5) is 0. The van der Waals surface area contributed by atoms with Crippen molar-refractivity contribution in [1.82, 2.24) is 0 Å². The minimum Gasteiger partial charge on any atom is -0.396 e. The van der Waals surface area contributed by atoms with Gasteiger partial charge in [0.05, 0.1) is 18.8 Å². The molecule has 0 aliphatic carbocycles. The van der Waals surface area contributed by atoms with Gasteiger partial charge in [0.2, 0.25) is 0 Å². The number of hydrogen-bond donors (Lipinski definition) is 2. The fourth-order valence-electron chi connectivity index (χ4n) is 1.47. The molecule has 0 aliphatic heterocycles. The highest BCUT2D eigenvalue weighted by Gasteiger charge is 2.20. The Kier molecular flexibility index (Phi) is 5.46. The molecule has 3 heteroatoms. The molecule has 0 amide bonds. The van der Waals surface area contributed by atoms with Crippen molar-refractivity contribution in [3.05, 3.63) is 35.9 Å². The Morgan fingerprint density at radius 1 is 1.19 bits per heavy atom. The third kappa shape index (κ3) is 3.93. The molecular weight excluding hydrogens is 204 g/mol. The molecule has 0 spiro atoms. The molecule has 0 unspecified atom stereocenters. The van der Waals surface area contributed by atoms with E-state index in [1.54, 1.807) is 6.92 Å². The smallest absolute Gasteiger partial charge is 0.0846 e. The lowest BCUT2D eigenvalue weighted by Gasteiger charge is -2.23. The molecular formula is C13H20O3. The Morgan fingerprint density at radius 3 is 2.38 bits per heavy atom. The molecule has 1 rings (SSSR count). The average Bonchev–Trinajstić information content (AvgIpc) is 2.35. The van der Waals surface area contributed by atoms with Gasteiger partial charge in [-0.3, -0.25) is 0 Å². The lowest BCUT2D eigenvalue weighted by molar-refractivity contribution is -0.0648. The zero-order valence-electron chi connectivity index (χ0n) is 9.84. The van der Waals surface area contributed by atoms with Gasteiger partial charge in [0.15, 0.2) is 0 Å². The quantitative estimate of drug-likeness (QED) is 0.771. The van der Waals surface area contributed by atoms with E-state index >= 15 is 0 Å². The first-order chi connectivity index (χ1) is 7.65. The van der Waals surface area contributed by atoms with Crippen molar-refractivity contribution in [2.24, 2.45) is 5.92 Å². The second kappa shape index (κ2) is 6.63. The van der Waals surface area contributed by atoms with Crippen LogP contribution in [-0.4, -0.2) is 29.0 Å². The molecule has 0 aromatic heterocycles. The van der Waals surface area contributed by atoms with Crippen LogP contribution in [0.1, 0.15) is 19.4 Å². The van der Waals surface area contributed by atoms with Gasteiger partial charge in [0.1, 0.15) is 0 Å². The lowest BCUT2D eigenvalue weighted by Crippen LogP contribution is -2.33. The predicted molar refractivity (Wildman–Crippen MR) is 62.9 cm³/mol. The van der Waals surface area contributed by atoms with Crippen LogP contribution in [0.4, 0.5) is 0 Å². The van der Waals surface area contributed by atoms with E-state index in [9.17, 15) is 5.11 Å². The van der Waals surface area contributed by atoms with Crippen LogP contribution in [0.25, 0.3) is 0 Å². The SMILES string of the molecule is C[C@H](CO)[C@@H](O)[C@H](C)OCc1ccccc1. The molecule has 0 saturated carbocycles. The zero-order chi connectivity index (χ0) is 12.0. The first kappa shape index (κ1) is 13.2. The number of benzene rings is 1. The predicted octanol–water partition coefficient (Wildman–Crippen LogP) is 1.58. The minimum absolute atomic E-state index is 0.0276. The maximum absolute atomic E-state index is 9.78. The van der Waals surface area contributed by atoms with Gasteiger partial charge in [-0.1, -0.05) is 37.3 Å². The summed E-state index contributed by atoms with van der Waals surface area (Å²) in [6.07, 6.45) is -0.906. The molecule has 0 radical (unpaired) electrons. The van der Waals surface area contributed by atoms with Crippen molar-refractivity contribution in [3.8, 4) is 0 Å². The van der Waals surface area contributed by atoms with Crippen LogP contribution in [0.3, 0.4) is 0 Å². The molecule has 1 aromatic carbocycles. The summed E-state index contributed by atoms with van der Waals surface area (Å²) in [5, 5.41) is 18.7. The first-order valence-electron chi connectivity index (χ1n) is 5.59. The molecule has 2 N–H and O–H groups in total. The van der Waals surface area contributed by atoms with Crippen molar-refractivity contribution in [1.29, 1.82) is 0 Å². The summed E-state index contributed by atoms with van der Waals surface area (Å²) >= 11 is 0. The van der Waals surface area contributed by atoms with E-state index in [0.29, 0.717) is 6.61 Å². The first-order valence-corrected chi connectivity index (χ1v) is 5.59. The van der Waals surface area contributed by atoms with Crippen LogP contribution >= 0.6 is 0 Å². The summed E-state index contributed by atoms with van der Waals surface area (Å²) in [6, 6.07) is 9.82. The van der Waals surface area contributed by atoms with E-state index in [4.69, 9.17) is 9.84 Å². The minimum atomic E-state index is -0.631. The highest BCUT2D eigenvalue weighted by Crippen LogP contribution is 2.11. The van der Waals surface area contributed by atoms with Crippen LogP contribution in [-0.2, 0) is 11.3 Å². The summed E-state index contributed by atoms with van der Waals surface area (Å²) < 4.78 is 5.55. The standard InChI is InChI=1S/C13H20O3/c1-10(8-14)13(15)11(2)16-9-12-6-4-3-5-7-12/h3-7,10-11,13-15H,8-9H2,1-2H3/t10-,11+,13-/m1/s1. The van der Waals surface area contributed by atoms with E-state index in [1.165, 1.54) is 0 Å². The Bertz CT molecular complexity index is 286. The van der Waals surface area contributed by atoms with Crippen LogP contribution in [0.5, 0.6) is 0 Å². The van der Waals surface area contributed by atoms with Gasteiger partial charge in [0.25, 0.3) is 0 Å². The largest absolute Gasteiger partial charge is 0.396 e. The Labute approximate surface area is 96.7 Å². The molecule has 1 aromatic rings. The van der Waals surface area contributed by atoms with Crippen molar-refractivity contribution in [3.63, 3.8) is 0 Å². The van der Waals surface area contributed by atoms with Crippen molar-refractivity contribution in [2.45, 2.75) is 32.7 Å². The molecule has 3 atom stereocenters. The maximum Gasteiger partial charge on any atom is 0.0846 e. The molecule has 0 bridgehead atoms. The summed E-state index contributed by atoms with van der Waals surface area (Å²) in [5.41, 5.74) is 1.08. The summed E-state index contributed by atoms with van der Waals surface area (Å²) in [5.74, 6) is -0.161. The number of aliphatic hydroxyl groups excluding tert-OH is 2. The fourth-order valence-corrected chi connectivity index (χ4v) is 1.47. The molecule has 3 nitrogen and oxygen atoms in total. The van der Waals surface area contributed by atoms with Crippen molar-refractivity contribution >= 4 is 0 Å². The normalized spacial score (nSPS) is 16.8. The monoisotopic (exact) mass is 224 g/mol. The second-order valence-electron chi connectivity index (χ2n) is 4.15. The van der Waals surface area contributed by atoms with E-state index in [0.717, 1.165) is 5.56 Å². The number of ether oxygens (including phenoxy) is 1.